The van der Waals surface area contributed by atoms with E-state index in [2.05, 4.69) is 41.3 Å². The van der Waals surface area contributed by atoms with Gasteiger partial charge in [-0.2, -0.15) is 4.98 Å². The minimum absolute atomic E-state index is 0.0102. The Hall–Kier alpha value is -2.94. The second kappa shape index (κ2) is 8.60. The molecule has 4 rings (SSSR count). The van der Waals surface area contributed by atoms with E-state index in [1.165, 1.54) is 0 Å². The first-order valence-electron chi connectivity index (χ1n) is 9.47. The molecule has 0 saturated carbocycles. The quantitative estimate of drug-likeness (QED) is 0.646. The van der Waals surface area contributed by atoms with Gasteiger partial charge in [0.1, 0.15) is 0 Å². The molecule has 1 N–H and O–H groups in total. The van der Waals surface area contributed by atoms with E-state index in [1.54, 1.807) is 12.4 Å². The highest BCUT2D eigenvalue weighted by Crippen LogP contribution is 2.25. The summed E-state index contributed by atoms with van der Waals surface area (Å²) in [5.41, 5.74) is 2.76. The molecular weight excluding hydrogens is 436 g/mol. The SMILES string of the molecule is CCNC(=O)N1CCN(c2ccc(-c3noc(-c4cncc(Br)c4)n3)cc2)CC1. The number of pyridine rings is 1. The lowest BCUT2D eigenvalue weighted by atomic mass is 10.1. The van der Waals surface area contributed by atoms with E-state index in [4.69, 9.17) is 4.52 Å². The van der Waals surface area contributed by atoms with E-state index in [9.17, 15) is 4.79 Å². The zero-order chi connectivity index (χ0) is 20.2. The average Bonchev–Trinajstić information content (AvgIpc) is 3.25. The van der Waals surface area contributed by atoms with Gasteiger partial charge in [-0.1, -0.05) is 5.16 Å². The van der Waals surface area contributed by atoms with Crippen LogP contribution < -0.4 is 10.2 Å². The molecule has 3 heterocycles. The van der Waals surface area contributed by atoms with E-state index in [0.717, 1.165) is 34.4 Å². The third kappa shape index (κ3) is 4.40. The van der Waals surface area contributed by atoms with Crippen molar-refractivity contribution < 1.29 is 9.32 Å². The van der Waals surface area contributed by atoms with Crippen LogP contribution in [0.4, 0.5) is 10.5 Å². The molecule has 9 heteroatoms. The van der Waals surface area contributed by atoms with E-state index in [1.807, 2.05) is 42.2 Å². The second-order valence-corrected chi connectivity index (χ2v) is 7.59. The number of hydrogen-bond donors (Lipinski definition) is 1. The summed E-state index contributed by atoms with van der Waals surface area (Å²) in [6.45, 7) is 5.61. The molecule has 2 amide bonds. The lowest BCUT2D eigenvalue weighted by Crippen LogP contribution is -2.51. The van der Waals surface area contributed by atoms with Crippen molar-refractivity contribution in [1.82, 2.24) is 25.3 Å². The molecule has 0 bridgehead atoms. The molecule has 1 aliphatic rings. The molecule has 0 atom stereocenters. The number of urea groups is 1. The Morgan fingerprint density at radius 3 is 2.59 bits per heavy atom. The molecule has 1 saturated heterocycles. The number of nitrogens with zero attached hydrogens (tertiary/aromatic N) is 5. The number of aromatic nitrogens is 3. The molecule has 3 aromatic rings. The monoisotopic (exact) mass is 456 g/mol. The summed E-state index contributed by atoms with van der Waals surface area (Å²) in [5.74, 6) is 0.965. The summed E-state index contributed by atoms with van der Waals surface area (Å²) >= 11 is 3.39. The van der Waals surface area contributed by atoms with Crippen molar-refractivity contribution in [2.45, 2.75) is 6.92 Å². The lowest BCUT2D eigenvalue weighted by molar-refractivity contribution is 0.195. The van der Waals surface area contributed by atoms with Gasteiger partial charge in [0.15, 0.2) is 0 Å². The Labute approximate surface area is 177 Å². The molecule has 29 heavy (non-hydrogen) atoms. The van der Waals surface area contributed by atoms with E-state index < -0.39 is 0 Å². The van der Waals surface area contributed by atoms with Crippen LogP contribution in [0.3, 0.4) is 0 Å². The number of amides is 2. The fourth-order valence-electron chi connectivity index (χ4n) is 3.24. The van der Waals surface area contributed by atoms with E-state index in [0.29, 0.717) is 31.3 Å². The van der Waals surface area contributed by atoms with Crippen molar-refractivity contribution in [3.8, 4) is 22.8 Å². The standard InChI is InChI=1S/C20H21BrN6O2/c1-2-23-20(28)27-9-7-26(8-10-27)17-5-3-14(4-6-17)18-24-19(29-25-18)15-11-16(21)13-22-12-15/h3-6,11-13H,2,7-10H2,1H3,(H,23,28). The maximum absolute atomic E-state index is 11.9. The maximum Gasteiger partial charge on any atom is 0.317 e. The zero-order valence-corrected chi connectivity index (χ0v) is 17.6. The summed E-state index contributed by atoms with van der Waals surface area (Å²) in [6.07, 6.45) is 3.39. The van der Waals surface area contributed by atoms with Gasteiger partial charge in [-0.3, -0.25) is 4.98 Å². The van der Waals surface area contributed by atoms with Gasteiger partial charge in [0, 0.05) is 60.8 Å². The summed E-state index contributed by atoms with van der Waals surface area (Å²) in [5, 5.41) is 6.94. The van der Waals surface area contributed by atoms with Crippen LogP contribution in [-0.4, -0.2) is 58.8 Å². The molecule has 8 nitrogen and oxygen atoms in total. The van der Waals surface area contributed by atoms with Crippen LogP contribution in [0.1, 0.15) is 6.92 Å². The smallest absolute Gasteiger partial charge is 0.317 e. The Morgan fingerprint density at radius 1 is 1.14 bits per heavy atom. The molecule has 0 unspecified atom stereocenters. The van der Waals surface area contributed by atoms with Gasteiger partial charge in [0.25, 0.3) is 5.89 Å². The van der Waals surface area contributed by atoms with Crippen molar-refractivity contribution in [3.05, 3.63) is 47.2 Å². The fraction of sp³-hybridized carbons (Fsp3) is 0.300. The first-order chi connectivity index (χ1) is 14.1. The Kier molecular flexibility index (Phi) is 5.75. The number of hydrogen-bond acceptors (Lipinski definition) is 6. The molecule has 0 radical (unpaired) electrons. The average molecular weight is 457 g/mol. The highest BCUT2D eigenvalue weighted by molar-refractivity contribution is 9.10. The summed E-state index contributed by atoms with van der Waals surface area (Å²) in [7, 11) is 0. The van der Waals surface area contributed by atoms with Crippen LogP contribution in [0.2, 0.25) is 0 Å². The number of nitrogens with one attached hydrogen (secondary N) is 1. The van der Waals surface area contributed by atoms with Crippen LogP contribution in [0.25, 0.3) is 22.8 Å². The van der Waals surface area contributed by atoms with Crippen LogP contribution >= 0.6 is 15.9 Å². The molecular formula is C20H21BrN6O2. The number of anilines is 1. The van der Waals surface area contributed by atoms with Gasteiger partial charge in [-0.15, -0.1) is 0 Å². The topological polar surface area (TPSA) is 87.4 Å². The zero-order valence-electron chi connectivity index (χ0n) is 16.0. The van der Waals surface area contributed by atoms with Crippen molar-refractivity contribution >= 4 is 27.6 Å². The summed E-state index contributed by atoms with van der Waals surface area (Å²) < 4.78 is 6.24. The molecule has 0 aliphatic carbocycles. The van der Waals surface area contributed by atoms with Crippen molar-refractivity contribution in [2.24, 2.45) is 0 Å². The van der Waals surface area contributed by atoms with E-state index >= 15 is 0 Å². The first kappa shape index (κ1) is 19.4. The molecule has 0 spiro atoms. The van der Waals surface area contributed by atoms with Gasteiger partial charge >= 0.3 is 6.03 Å². The summed E-state index contributed by atoms with van der Waals surface area (Å²) in [4.78, 5) is 24.7. The molecule has 2 aromatic heterocycles. The van der Waals surface area contributed by atoms with Crippen molar-refractivity contribution in [1.29, 1.82) is 0 Å². The van der Waals surface area contributed by atoms with Crippen LogP contribution in [-0.2, 0) is 0 Å². The van der Waals surface area contributed by atoms with Crippen molar-refractivity contribution in [2.75, 3.05) is 37.6 Å². The predicted molar refractivity (Wildman–Crippen MR) is 114 cm³/mol. The number of piperazine rings is 1. The largest absolute Gasteiger partial charge is 0.368 e. The minimum Gasteiger partial charge on any atom is -0.368 e. The third-order valence-electron chi connectivity index (χ3n) is 4.76. The highest BCUT2D eigenvalue weighted by atomic mass is 79.9. The Morgan fingerprint density at radius 2 is 1.90 bits per heavy atom. The van der Waals surface area contributed by atoms with Crippen LogP contribution in [0.15, 0.2) is 51.7 Å². The van der Waals surface area contributed by atoms with Crippen LogP contribution in [0, 0.1) is 0 Å². The molecule has 1 fully saturated rings. The number of rotatable bonds is 4. The van der Waals surface area contributed by atoms with Crippen LogP contribution in [0.5, 0.6) is 0 Å². The number of halogens is 1. The first-order valence-corrected chi connectivity index (χ1v) is 10.3. The molecule has 150 valence electrons. The van der Waals surface area contributed by atoms with Crippen molar-refractivity contribution in [3.63, 3.8) is 0 Å². The highest BCUT2D eigenvalue weighted by Gasteiger charge is 2.21. The number of benzene rings is 1. The minimum atomic E-state index is 0.0102. The second-order valence-electron chi connectivity index (χ2n) is 6.67. The predicted octanol–water partition coefficient (Wildman–Crippen LogP) is 3.41. The van der Waals surface area contributed by atoms with Gasteiger partial charge in [0.2, 0.25) is 5.82 Å². The van der Waals surface area contributed by atoms with E-state index in [-0.39, 0.29) is 6.03 Å². The normalized spacial score (nSPS) is 14.1. The van der Waals surface area contributed by atoms with Gasteiger partial charge in [-0.25, -0.2) is 4.79 Å². The fourth-order valence-corrected chi connectivity index (χ4v) is 3.60. The summed E-state index contributed by atoms with van der Waals surface area (Å²) in [6, 6.07) is 9.96. The number of carbonyl (C=O) groups excluding carboxylic acids is 1. The molecule has 1 aliphatic heterocycles. The molecule has 1 aromatic carbocycles. The van der Waals surface area contributed by atoms with Gasteiger partial charge < -0.3 is 19.6 Å². The number of carbonyl (C=O) groups is 1. The maximum atomic E-state index is 11.9. The van der Waals surface area contributed by atoms with Gasteiger partial charge in [0.05, 0.1) is 5.56 Å². The Balaban J connectivity index is 1.42. The Bertz CT molecular complexity index is 983. The van der Waals surface area contributed by atoms with Gasteiger partial charge in [-0.05, 0) is 53.2 Å². The lowest BCUT2D eigenvalue weighted by Gasteiger charge is -2.36. The third-order valence-corrected chi connectivity index (χ3v) is 5.20.